The van der Waals surface area contributed by atoms with Gasteiger partial charge >= 0.3 is 5.97 Å². The zero-order valence-corrected chi connectivity index (χ0v) is 15.8. The van der Waals surface area contributed by atoms with Crippen LogP contribution in [0, 0.1) is 5.82 Å². The molecule has 0 aliphatic heterocycles. The first-order valence-corrected chi connectivity index (χ1v) is 9.77. The summed E-state index contributed by atoms with van der Waals surface area (Å²) in [5.74, 6) is -1.25. The lowest BCUT2D eigenvalue weighted by Crippen LogP contribution is -2.01. The molecule has 4 heteroatoms. The van der Waals surface area contributed by atoms with E-state index >= 15 is 4.39 Å². The number of carboxylic acid groups (broad SMARTS) is 1. The van der Waals surface area contributed by atoms with Crippen LogP contribution in [0.3, 0.4) is 0 Å². The number of benzene rings is 2. The molecular weight excluding hydrogens is 355 g/mol. The van der Waals surface area contributed by atoms with Crippen LogP contribution in [0.1, 0.15) is 61.6 Å². The molecule has 3 nitrogen and oxygen atoms in total. The molecule has 0 bridgehead atoms. The van der Waals surface area contributed by atoms with E-state index in [1.807, 2.05) is 12.1 Å². The van der Waals surface area contributed by atoms with Crippen molar-refractivity contribution in [2.75, 3.05) is 0 Å². The van der Waals surface area contributed by atoms with E-state index in [0.29, 0.717) is 11.1 Å². The molecule has 28 heavy (non-hydrogen) atoms. The molecule has 3 rings (SSSR count). The Morgan fingerprint density at radius 3 is 2.18 bits per heavy atom. The molecule has 0 amide bonds. The van der Waals surface area contributed by atoms with E-state index < -0.39 is 5.97 Å². The number of carboxylic acids is 1. The molecule has 0 spiro atoms. The first-order valence-electron chi connectivity index (χ1n) is 9.77. The van der Waals surface area contributed by atoms with Gasteiger partial charge in [-0.1, -0.05) is 49.1 Å². The summed E-state index contributed by atoms with van der Waals surface area (Å²) >= 11 is 0. The first-order chi connectivity index (χ1) is 13.5. The molecule has 0 heterocycles. The van der Waals surface area contributed by atoms with Crippen molar-refractivity contribution < 1.29 is 19.4 Å². The Labute approximate surface area is 164 Å². The highest BCUT2D eigenvalue weighted by Gasteiger charge is 2.17. The van der Waals surface area contributed by atoms with Gasteiger partial charge in [0.05, 0.1) is 0 Å². The van der Waals surface area contributed by atoms with E-state index in [1.165, 1.54) is 37.0 Å². The smallest absolute Gasteiger partial charge is 0.328 e. The van der Waals surface area contributed by atoms with Crippen molar-refractivity contribution in [2.24, 2.45) is 0 Å². The fourth-order valence-corrected chi connectivity index (χ4v) is 3.77. The summed E-state index contributed by atoms with van der Waals surface area (Å²) in [7, 11) is 0. The fourth-order valence-electron chi connectivity index (χ4n) is 3.77. The van der Waals surface area contributed by atoms with Gasteiger partial charge in [0.1, 0.15) is 11.6 Å². The van der Waals surface area contributed by atoms with Gasteiger partial charge in [0.15, 0.2) is 0 Å². The minimum atomic E-state index is -1.06. The largest absolute Gasteiger partial charge is 0.508 e. The van der Waals surface area contributed by atoms with E-state index in [0.717, 1.165) is 42.9 Å². The highest BCUT2D eigenvalue weighted by atomic mass is 19.1. The predicted octanol–water partition coefficient (Wildman–Crippen LogP) is 6.18. The molecule has 2 aromatic carbocycles. The van der Waals surface area contributed by atoms with E-state index in [-0.39, 0.29) is 11.6 Å². The Hall–Kier alpha value is -2.88. The summed E-state index contributed by atoms with van der Waals surface area (Å²) in [5, 5.41) is 18.4. The highest BCUT2D eigenvalue weighted by molar-refractivity contribution is 5.86. The normalized spacial score (nSPS) is 15.2. The molecular formula is C24H25FO3. The second-order valence-corrected chi connectivity index (χ2v) is 7.20. The molecule has 0 unspecified atom stereocenters. The van der Waals surface area contributed by atoms with Crippen LogP contribution in [0.25, 0.3) is 11.6 Å². The van der Waals surface area contributed by atoms with E-state index in [1.54, 1.807) is 24.3 Å². The lowest BCUT2D eigenvalue weighted by Gasteiger charge is -2.20. The van der Waals surface area contributed by atoms with Gasteiger partial charge in [-0.05, 0) is 66.7 Å². The Morgan fingerprint density at radius 1 is 0.929 bits per heavy atom. The monoisotopic (exact) mass is 380 g/mol. The summed E-state index contributed by atoms with van der Waals surface area (Å²) in [5.41, 5.74) is 4.07. The maximum atomic E-state index is 15.1. The molecule has 0 atom stereocenters. The number of hydrogen-bond donors (Lipinski definition) is 2. The molecule has 2 aromatic rings. The van der Waals surface area contributed by atoms with Gasteiger partial charge in [0.25, 0.3) is 0 Å². The maximum absolute atomic E-state index is 15.1. The predicted molar refractivity (Wildman–Crippen MR) is 110 cm³/mol. The number of aliphatic carboxylic acids is 1. The summed E-state index contributed by atoms with van der Waals surface area (Å²) < 4.78 is 15.1. The number of phenols is 1. The number of phenolic OH excluding ortho intramolecular Hbond substituents is 1. The van der Waals surface area contributed by atoms with Gasteiger partial charge in [-0.3, -0.25) is 0 Å². The van der Waals surface area contributed by atoms with Gasteiger partial charge < -0.3 is 10.2 Å². The molecule has 2 N–H and O–H groups in total. The summed E-state index contributed by atoms with van der Waals surface area (Å²) in [6.07, 6.45) is 10.1. The number of hydrogen-bond acceptors (Lipinski definition) is 2. The van der Waals surface area contributed by atoms with Crippen LogP contribution in [0.15, 0.2) is 54.1 Å². The Morgan fingerprint density at radius 2 is 1.57 bits per heavy atom. The first kappa shape index (κ1) is 19.9. The van der Waals surface area contributed by atoms with Crippen molar-refractivity contribution in [2.45, 2.75) is 44.9 Å². The fraction of sp³-hybridized carbons (Fsp3) is 0.292. The van der Waals surface area contributed by atoms with Crippen molar-refractivity contribution in [1.29, 1.82) is 0 Å². The minimum Gasteiger partial charge on any atom is -0.508 e. The lowest BCUT2D eigenvalue weighted by molar-refractivity contribution is -0.131. The Balaban J connectivity index is 2.08. The number of carbonyl (C=O) groups is 1. The summed E-state index contributed by atoms with van der Waals surface area (Å²) in [4.78, 5) is 10.7. The van der Waals surface area contributed by atoms with E-state index in [9.17, 15) is 9.90 Å². The third-order valence-corrected chi connectivity index (χ3v) is 5.15. The average molecular weight is 380 g/mol. The van der Waals surface area contributed by atoms with Crippen molar-refractivity contribution >= 4 is 17.6 Å². The van der Waals surface area contributed by atoms with Gasteiger partial charge in [0, 0.05) is 11.6 Å². The quantitative estimate of drug-likeness (QED) is 0.623. The topological polar surface area (TPSA) is 57.5 Å². The summed E-state index contributed by atoms with van der Waals surface area (Å²) in [6.45, 7) is 0. The second-order valence-electron chi connectivity index (χ2n) is 7.20. The highest BCUT2D eigenvalue weighted by Crippen LogP contribution is 2.36. The maximum Gasteiger partial charge on any atom is 0.328 e. The zero-order valence-electron chi connectivity index (χ0n) is 15.8. The number of aromatic hydroxyl groups is 1. The van der Waals surface area contributed by atoms with Crippen LogP contribution < -0.4 is 0 Å². The summed E-state index contributed by atoms with van der Waals surface area (Å²) in [6, 6.07) is 11.7. The van der Waals surface area contributed by atoms with Gasteiger partial charge in [-0.25, -0.2) is 9.18 Å². The van der Waals surface area contributed by atoms with Gasteiger partial charge in [0.2, 0.25) is 0 Å². The second kappa shape index (κ2) is 9.36. The number of rotatable bonds is 4. The number of halogens is 1. The van der Waals surface area contributed by atoms with Crippen molar-refractivity contribution in [3.63, 3.8) is 0 Å². The molecule has 1 aliphatic carbocycles. The van der Waals surface area contributed by atoms with Crippen LogP contribution in [-0.2, 0) is 4.79 Å². The van der Waals surface area contributed by atoms with Gasteiger partial charge in [-0.2, -0.15) is 0 Å². The molecule has 0 radical (unpaired) electrons. The third kappa shape index (κ3) is 5.10. The average Bonchev–Trinajstić information content (AvgIpc) is 2.64. The van der Waals surface area contributed by atoms with Crippen LogP contribution in [-0.4, -0.2) is 16.2 Å². The molecule has 0 aromatic heterocycles. The molecule has 1 saturated carbocycles. The van der Waals surface area contributed by atoms with E-state index in [2.05, 4.69) is 0 Å². The number of allylic oxidation sites excluding steroid dienone is 1. The Kier molecular flexibility index (Phi) is 6.64. The third-order valence-electron chi connectivity index (χ3n) is 5.15. The van der Waals surface area contributed by atoms with Crippen LogP contribution in [0.2, 0.25) is 0 Å². The zero-order chi connectivity index (χ0) is 19.9. The van der Waals surface area contributed by atoms with E-state index in [4.69, 9.17) is 5.11 Å². The standard InChI is InChI=1S/C24H25FO3/c25-22-16-17(9-15-23(27)28)8-14-21(22)24(19-10-12-20(26)13-11-19)18-6-4-2-1-3-5-7-18/h8-16,26H,1-7H2,(H,27,28)/b15-9+. The minimum absolute atomic E-state index is 0.181. The van der Waals surface area contributed by atoms with Crippen molar-refractivity contribution in [3.05, 3.63) is 76.6 Å². The SMILES string of the molecule is O=C(O)/C=C/c1ccc(C(=C2CCCCCCC2)c2ccc(O)cc2)c(F)c1. The molecule has 0 saturated heterocycles. The van der Waals surface area contributed by atoms with Crippen molar-refractivity contribution in [1.82, 2.24) is 0 Å². The lowest BCUT2D eigenvalue weighted by atomic mass is 9.86. The van der Waals surface area contributed by atoms with Crippen LogP contribution in [0.5, 0.6) is 5.75 Å². The van der Waals surface area contributed by atoms with Crippen LogP contribution in [0.4, 0.5) is 4.39 Å². The van der Waals surface area contributed by atoms with Crippen LogP contribution >= 0.6 is 0 Å². The molecule has 1 aliphatic rings. The molecule has 1 fully saturated rings. The van der Waals surface area contributed by atoms with Gasteiger partial charge in [-0.15, -0.1) is 0 Å². The molecule has 146 valence electrons. The Bertz CT molecular complexity index is 885. The van der Waals surface area contributed by atoms with Crippen molar-refractivity contribution in [3.8, 4) is 5.75 Å².